The zero-order valence-corrected chi connectivity index (χ0v) is 16.0. The molecule has 9 nitrogen and oxygen atoms in total. The van der Waals surface area contributed by atoms with Gasteiger partial charge in [-0.05, 0) is 32.8 Å². The molecule has 3 rings (SSSR count). The van der Waals surface area contributed by atoms with Crippen molar-refractivity contribution >= 4 is 38.0 Å². The fourth-order valence-corrected chi connectivity index (χ4v) is 6.01. The van der Waals surface area contributed by atoms with Gasteiger partial charge in [-0.25, -0.2) is 8.42 Å². The van der Waals surface area contributed by atoms with Crippen LogP contribution in [-0.4, -0.2) is 55.1 Å². The second kappa shape index (κ2) is 6.27. The molecular weight excluding hydrogens is 382 g/mol. The second-order valence-corrected chi connectivity index (χ2v) is 10.5. The van der Waals surface area contributed by atoms with Crippen LogP contribution in [0, 0.1) is 0 Å². The summed E-state index contributed by atoms with van der Waals surface area (Å²) in [6, 6.07) is 1.14. The maximum absolute atomic E-state index is 13.1. The van der Waals surface area contributed by atoms with Crippen LogP contribution in [0.5, 0.6) is 0 Å². The average molecular weight is 403 g/mol. The Morgan fingerprint density at radius 3 is 2.65 bits per heavy atom. The van der Waals surface area contributed by atoms with Crippen molar-refractivity contribution in [3.05, 3.63) is 11.6 Å². The number of primary amides is 1. The van der Waals surface area contributed by atoms with Crippen LogP contribution >= 0.6 is 11.3 Å². The molecule has 144 valence electrons. The molecule has 2 unspecified atom stereocenters. The predicted octanol–water partition coefficient (Wildman–Crippen LogP) is -0.191. The molecule has 0 bridgehead atoms. The van der Waals surface area contributed by atoms with Gasteiger partial charge in [0.2, 0.25) is 9.84 Å². The fourth-order valence-electron chi connectivity index (χ4n) is 2.72. The van der Waals surface area contributed by atoms with E-state index in [0.717, 1.165) is 17.4 Å². The van der Waals surface area contributed by atoms with Crippen LogP contribution in [0.25, 0.3) is 0 Å². The van der Waals surface area contributed by atoms with Gasteiger partial charge in [-0.15, -0.1) is 11.3 Å². The number of amides is 2. The number of carbonyl (C=O) groups excluding carboxylic acids is 2. The minimum absolute atomic E-state index is 0.00168. The van der Waals surface area contributed by atoms with Crippen LogP contribution in [0.3, 0.4) is 0 Å². The van der Waals surface area contributed by atoms with Crippen molar-refractivity contribution in [1.82, 2.24) is 5.32 Å². The number of anilines is 1. The highest BCUT2D eigenvalue weighted by molar-refractivity contribution is 7.94. The van der Waals surface area contributed by atoms with Gasteiger partial charge in [-0.2, -0.15) is 0 Å². The molecule has 0 radical (unpaired) electrons. The molecule has 0 aromatic carbocycles. The van der Waals surface area contributed by atoms with Gasteiger partial charge in [0, 0.05) is 13.1 Å². The summed E-state index contributed by atoms with van der Waals surface area (Å²) in [5, 5.41) is 15.3. The van der Waals surface area contributed by atoms with Crippen molar-refractivity contribution in [2.45, 2.75) is 47.5 Å². The van der Waals surface area contributed by atoms with Gasteiger partial charge >= 0.3 is 0 Å². The molecule has 2 heterocycles. The summed E-state index contributed by atoms with van der Waals surface area (Å²) in [6.07, 6.45) is 0.329. The van der Waals surface area contributed by atoms with E-state index in [4.69, 9.17) is 10.5 Å². The first-order valence-corrected chi connectivity index (χ1v) is 10.4. The normalized spacial score (nSPS) is 27.7. The van der Waals surface area contributed by atoms with E-state index in [-0.39, 0.29) is 27.4 Å². The molecule has 2 fully saturated rings. The summed E-state index contributed by atoms with van der Waals surface area (Å²) in [6.45, 7) is 3.83. The molecule has 1 saturated heterocycles. The minimum Gasteiger partial charge on any atom is -0.380 e. The number of nitrogens with two attached hydrogens (primary N) is 1. The SMILES string of the molecule is CC1CNCC(C)(S(=O)(=O)c2cc(C(N)=O)c(NC(=O)C3(O)CC3)s2)O1. The van der Waals surface area contributed by atoms with Crippen LogP contribution in [0.4, 0.5) is 5.00 Å². The number of carbonyl (C=O) groups is 2. The summed E-state index contributed by atoms with van der Waals surface area (Å²) < 4.78 is 31.7. The van der Waals surface area contributed by atoms with E-state index in [9.17, 15) is 23.1 Å². The molecule has 26 heavy (non-hydrogen) atoms. The molecule has 1 aromatic heterocycles. The Bertz CT molecular complexity index is 861. The van der Waals surface area contributed by atoms with E-state index in [1.807, 2.05) is 0 Å². The quantitative estimate of drug-likeness (QED) is 0.532. The van der Waals surface area contributed by atoms with Crippen molar-refractivity contribution in [3.8, 4) is 0 Å². The number of rotatable bonds is 5. The second-order valence-electron chi connectivity index (χ2n) is 6.85. The lowest BCUT2D eigenvalue weighted by Gasteiger charge is -2.36. The van der Waals surface area contributed by atoms with Crippen molar-refractivity contribution in [1.29, 1.82) is 0 Å². The molecule has 11 heteroatoms. The maximum Gasteiger partial charge on any atom is 0.256 e. The monoisotopic (exact) mass is 403 g/mol. The molecule has 2 amide bonds. The topological polar surface area (TPSA) is 148 Å². The van der Waals surface area contributed by atoms with E-state index in [1.54, 1.807) is 6.92 Å². The van der Waals surface area contributed by atoms with E-state index >= 15 is 0 Å². The van der Waals surface area contributed by atoms with Crippen molar-refractivity contribution in [3.63, 3.8) is 0 Å². The van der Waals surface area contributed by atoms with E-state index in [2.05, 4.69) is 10.6 Å². The lowest BCUT2D eigenvalue weighted by Crippen LogP contribution is -2.55. The Morgan fingerprint density at radius 2 is 2.12 bits per heavy atom. The number of nitrogens with one attached hydrogen (secondary N) is 2. The van der Waals surface area contributed by atoms with Gasteiger partial charge in [0.05, 0.1) is 11.7 Å². The Hall–Kier alpha value is -1.53. The first-order chi connectivity index (χ1) is 12.0. The molecule has 0 spiro atoms. The zero-order valence-electron chi connectivity index (χ0n) is 14.4. The first-order valence-electron chi connectivity index (χ1n) is 8.09. The Balaban J connectivity index is 1.96. The van der Waals surface area contributed by atoms with Gasteiger partial charge in [0.25, 0.3) is 11.8 Å². The summed E-state index contributed by atoms with van der Waals surface area (Å²) in [5.74, 6) is -1.55. The zero-order chi connectivity index (χ0) is 19.3. The van der Waals surface area contributed by atoms with E-state index in [0.29, 0.717) is 19.4 Å². The third-order valence-corrected chi connectivity index (χ3v) is 8.29. The van der Waals surface area contributed by atoms with E-state index < -0.39 is 32.2 Å². The lowest BCUT2D eigenvalue weighted by atomic mass is 10.3. The van der Waals surface area contributed by atoms with Gasteiger partial charge in [0.1, 0.15) is 14.8 Å². The third kappa shape index (κ3) is 3.25. The van der Waals surface area contributed by atoms with Crippen LogP contribution in [0.1, 0.15) is 37.0 Å². The van der Waals surface area contributed by atoms with Crippen molar-refractivity contribution in [2.75, 3.05) is 18.4 Å². The first kappa shape index (κ1) is 19.2. The Labute approximate surface area is 154 Å². The van der Waals surface area contributed by atoms with Gasteiger partial charge in [-0.3, -0.25) is 9.59 Å². The molecule has 2 atom stereocenters. The summed E-state index contributed by atoms with van der Waals surface area (Å²) in [4.78, 5) is 22.2. The number of hydrogen-bond donors (Lipinski definition) is 4. The maximum atomic E-state index is 13.1. The molecular formula is C15H21N3O6S2. The van der Waals surface area contributed by atoms with Crippen LogP contribution in [-0.2, 0) is 19.4 Å². The molecule has 1 aromatic rings. The number of morpholine rings is 1. The highest BCUT2D eigenvalue weighted by Crippen LogP contribution is 2.40. The number of hydrogen-bond acceptors (Lipinski definition) is 8. The summed E-state index contributed by atoms with van der Waals surface area (Å²) >= 11 is 0.721. The van der Waals surface area contributed by atoms with Gasteiger partial charge in [0.15, 0.2) is 4.93 Å². The lowest BCUT2D eigenvalue weighted by molar-refractivity contribution is -0.125. The largest absolute Gasteiger partial charge is 0.380 e. The molecule has 2 aliphatic rings. The third-order valence-electron chi connectivity index (χ3n) is 4.51. The summed E-state index contributed by atoms with van der Waals surface area (Å²) in [7, 11) is -3.97. The van der Waals surface area contributed by atoms with Crippen LogP contribution < -0.4 is 16.4 Å². The highest BCUT2D eigenvalue weighted by atomic mass is 32.2. The standard InChI is InChI=1S/C15H21N3O6S2/c1-8-6-17-7-14(2,24-8)26(22,23)10-5-9(11(16)19)12(25-10)18-13(20)15(21)3-4-15/h5,8,17,21H,3-4,6-7H2,1-2H3,(H2,16,19)(H,18,20). The number of aliphatic hydroxyl groups is 1. The number of sulfone groups is 1. The van der Waals surface area contributed by atoms with Crippen molar-refractivity contribution in [2.24, 2.45) is 5.73 Å². The smallest absolute Gasteiger partial charge is 0.256 e. The highest BCUT2D eigenvalue weighted by Gasteiger charge is 2.49. The van der Waals surface area contributed by atoms with E-state index in [1.165, 1.54) is 6.92 Å². The number of thiophene rings is 1. The predicted molar refractivity (Wildman–Crippen MR) is 94.7 cm³/mol. The Kier molecular flexibility index (Phi) is 4.64. The molecule has 5 N–H and O–H groups in total. The molecule has 1 aliphatic heterocycles. The molecule has 1 aliphatic carbocycles. The average Bonchev–Trinajstić information content (AvgIpc) is 3.14. The summed E-state index contributed by atoms with van der Waals surface area (Å²) in [5.41, 5.74) is 3.74. The number of ether oxygens (including phenoxy) is 1. The van der Waals surface area contributed by atoms with Crippen LogP contribution in [0.2, 0.25) is 0 Å². The Morgan fingerprint density at radius 1 is 1.46 bits per heavy atom. The minimum atomic E-state index is -3.97. The van der Waals surface area contributed by atoms with Crippen molar-refractivity contribution < 1.29 is 27.9 Å². The van der Waals surface area contributed by atoms with Gasteiger partial charge < -0.3 is 26.2 Å². The fraction of sp³-hybridized carbons (Fsp3) is 0.600. The molecule has 1 saturated carbocycles. The van der Waals surface area contributed by atoms with Gasteiger partial charge in [-0.1, -0.05) is 0 Å². The van der Waals surface area contributed by atoms with Crippen LogP contribution in [0.15, 0.2) is 10.3 Å².